The van der Waals surface area contributed by atoms with Gasteiger partial charge in [-0.25, -0.2) is 0 Å². The Morgan fingerprint density at radius 3 is 2.64 bits per heavy atom. The first-order valence-electron chi connectivity index (χ1n) is 6.29. The van der Waals surface area contributed by atoms with Crippen LogP contribution in [0.3, 0.4) is 0 Å². The van der Waals surface area contributed by atoms with Crippen molar-refractivity contribution in [2.75, 3.05) is 26.7 Å². The molecule has 1 heterocycles. The summed E-state index contributed by atoms with van der Waals surface area (Å²) >= 11 is 0. The number of hydrogen-bond donors (Lipinski definition) is 1. The molecule has 2 fully saturated rings. The van der Waals surface area contributed by atoms with Crippen molar-refractivity contribution in [2.45, 2.75) is 44.6 Å². The van der Waals surface area contributed by atoms with E-state index in [1.54, 1.807) is 0 Å². The molecule has 0 bridgehead atoms. The highest BCUT2D eigenvalue weighted by molar-refractivity contribution is 4.82. The Bertz CT molecular complexity index is 164. The summed E-state index contributed by atoms with van der Waals surface area (Å²) in [5.74, 6) is 1.03. The predicted octanol–water partition coefficient (Wildman–Crippen LogP) is 1.86. The van der Waals surface area contributed by atoms with Crippen molar-refractivity contribution >= 4 is 0 Å². The second-order valence-electron chi connectivity index (χ2n) is 5.00. The van der Waals surface area contributed by atoms with Gasteiger partial charge >= 0.3 is 0 Å². The minimum Gasteiger partial charge on any atom is -0.318 e. The second-order valence-corrected chi connectivity index (χ2v) is 5.00. The average molecular weight is 196 g/mol. The monoisotopic (exact) mass is 196 g/mol. The molecule has 2 rings (SSSR count). The maximum absolute atomic E-state index is 3.34. The topological polar surface area (TPSA) is 15.3 Å². The molecule has 1 aliphatic carbocycles. The number of hydrogen-bond acceptors (Lipinski definition) is 2. The molecule has 1 unspecified atom stereocenters. The molecule has 1 atom stereocenters. The first kappa shape index (κ1) is 10.4. The number of likely N-dealkylation sites (tertiary alicyclic amines) is 1. The van der Waals surface area contributed by atoms with Crippen LogP contribution in [0.4, 0.5) is 0 Å². The van der Waals surface area contributed by atoms with Gasteiger partial charge in [0.1, 0.15) is 0 Å². The highest BCUT2D eigenvalue weighted by Gasteiger charge is 2.26. The van der Waals surface area contributed by atoms with Crippen LogP contribution in [-0.2, 0) is 0 Å². The average Bonchev–Trinajstić information content (AvgIpc) is 2.14. The number of rotatable bonds is 4. The minimum atomic E-state index is 0.828. The molecule has 2 aliphatic rings. The van der Waals surface area contributed by atoms with Crippen LogP contribution in [0.15, 0.2) is 0 Å². The van der Waals surface area contributed by atoms with Crippen LogP contribution >= 0.6 is 0 Å². The van der Waals surface area contributed by atoms with Crippen LogP contribution in [0.2, 0.25) is 0 Å². The van der Waals surface area contributed by atoms with Gasteiger partial charge in [0.2, 0.25) is 0 Å². The second kappa shape index (κ2) is 5.13. The molecule has 14 heavy (non-hydrogen) atoms. The van der Waals surface area contributed by atoms with Crippen molar-refractivity contribution in [1.82, 2.24) is 10.2 Å². The summed E-state index contributed by atoms with van der Waals surface area (Å²) < 4.78 is 0. The van der Waals surface area contributed by atoms with Gasteiger partial charge in [-0.15, -0.1) is 0 Å². The van der Waals surface area contributed by atoms with Crippen molar-refractivity contribution in [3.63, 3.8) is 0 Å². The van der Waals surface area contributed by atoms with E-state index < -0.39 is 0 Å². The summed E-state index contributed by atoms with van der Waals surface area (Å²) in [5, 5.41) is 3.34. The lowest BCUT2D eigenvalue weighted by atomic mass is 9.84. The van der Waals surface area contributed by atoms with E-state index in [1.165, 1.54) is 58.2 Å². The first-order chi connectivity index (χ1) is 6.90. The molecular formula is C12H24N2. The molecule has 0 radical (unpaired) electrons. The lowest BCUT2D eigenvalue weighted by Gasteiger charge is -2.40. The van der Waals surface area contributed by atoms with Crippen LogP contribution in [0, 0.1) is 5.92 Å². The molecular weight excluding hydrogens is 172 g/mol. The zero-order chi connectivity index (χ0) is 9.80. The lowest BCUT2D eigenvalue weighted by Crippen LogP contribution is -2.47. The highest BCUT2D eigenvalue weighted by atomic mass is 15.2. The lowest BCUT2D eigenvalue weighted by molar-refractivity contribution is 0.101. The summed E-state index contributed by atoms with van der Waals surface area (Å²) in [4.78, 5) is 2.74. The van der Waals surface area contributed by atoms with E-state index >= 15 is 0 Å². The normalized spacial score (nSPS) is 30.2. The molecule has 1 N–H and O–H groups in total. The van der Waals surface area contributed by atoms with Gasteiger partial charge in [-0.2, -0.15) is 0 Å². The van der Waals surface area contributed by atoms with E-state index in [0.717, 1.165) is 12.0 Å². The summed E-state index contributed by atoms with van der Waals surface area (Å²) in [5.41, 5.74) is 0. The van der Waals surface area contributed by atoms with Crippen LogP contribution in [-0.4, -0.2) is 37.6 Å². The third-order valence-corrected chi connectivity index (χ3v) is 3.91. The van der Waals surface area contributed by atoms with E-state index in [2.05, 4.69) is 17.3 Å². The Hall–Kier alpha value is -0.0800. The molecule has 0 aromatic rings. The Balaban J connectivity index is 1.78. The first-order valence-corrected chi connectivity index (χ1v) is 6.29. The molecule has 1 aliphatic heterocycles. The van der Waals surface area contributed by atoms with Crippen LogP contribution in [0.1, 0.15) is 38.5 Å². The highest BCUT2D eigenvalue weighted by Crippen LogP contribution is 2.29. The third-order valence-electron chi connectivity index (χ3n) is 3.91. The number of likely N-dealkylation sites (N-methyl/N-ethyl adjacent to an activating group) is 1. The van der Waals surface area contributed by atoms with Crippen LogP contribution in [0.5, 0.6) is 0 Å². The quantitative estimate of drug-likeness (QED) is 0.738. The Kier molecular flexibility index (Phi) is 3.82. The number of nitrogens with zero attached hydrogens (tertiary/aromatic N) is 1. The Morgan fingerprint density at radius 1 is 1.14 bits per heavy atom. The maximum atomic E-state index is 3.34. The largest absolute Gasteiger partial charge is 0.318 e. The summed E-state index contributed by atoms with van der Waals surface area (Å²) in [6, 6.07) is 0.828. The minimum absolute atomic E-state index is 0.828. The fourth-order valence-electron chi connectivity index (χ4n) is 2.77. The molecule has 0 amide bonds. The molecule has 0 aromatic heterocycles. The number of piperidine rings is 1. The van der Waals surface area contributed by atoms with Crippen molar-refractivity contribution in [3.05, 3.63) is 0 Å². The van der Waals surface area contributed by atoms with Gasteiger partial charge in [0.15, 0.2) is 0 Å². The van der Waals surface area contributed by atoms with E-state index in [9.17, 15) is 0 Å². The predicted molar refractivity (Wildman–Crippen MR) is 60.5 cm³/mol. The molecule has 2 nitrogen and oxygen atoms in total. The zero-order valence-electron chi connectivity index (χ0n) is 9.47. The molecule has 82 valence electrons. The van der Waals surface area contributed by atoms with Gasteiger partial charge in [-0.3, -0.25) is 4.90 Å². The van der Waals surface area contributed by atoms with Crippen LogP contribution < -0.4 is 5.32 Å². The van der Waals surface area contributed by atoms with E-state index in [4.69, 9.17) is 0 Å². The summed E-state index contributed by atoms with van der Waals surface area (Å²) in [6.07, 6.45) is 8.73. The molecule has 1 saturated carbocycles. The van der Waals surface area contributed by atoms with Crippen molar-refractivity contribution < 1.29 is 0 Å². The number of nitrogens with one attached hydrogen (secondary N) is 1. The van der Waals surface area contributed by atoms with Gasteiger partial charge in [0, 0.05) is 19.1 Å². The van der Waals surface area contributed by atoms with E-state index in [0.29, 0.717) is 0 Å². The SMILES string of the molecule is CNCC1CCCCN1CC1CCC1. The molecule has 2 heteroatoms. The molecule has 0 aromatic carbocycles. The zero-order valence-corrected chi connectivity index (χ0v) is 9.47. The van der Waals surface area contributed by atoms with Crippen LogP contribution in [0.25, 0.3) is 0 Å². The smallest absolute Gasteiger partial charge is 0.0220 e. The maximum Gasteiger partial charge on any atom is 0.0220 e. The Labute approximate surface area is 88.1 Å². The van der Waals surface area contributed by atoms with Gasteiger partial charge in [0.05, 0.1) is 0 Å². The molecule has 1 saturated heterocycles. The summed E-state index contributed by atoms with van der Waals surface area (Å²) in [6.45, 7) is 3.92. The summed E-state index contributed by atoms with van der Waals surface area (Å²) in [7, 11) is 2.08. The molecule has 0 spiro atoms. The fourth-order valence-corrected chi connectivity index (χ4v) is 2.77. The van der Waals surface area contributed by atoms with Crippen molar-refractivity contribution in [1.29, 1.82) is 0 Å². The van der Waals surface area contributed by atoms with Gasteiger partial charge in [-0.1, -0.05) is 12.8 Å². The Morgan fingerprint density at radius 2 is 2.00 bits per heavy atom. The van der Waals surface area contributed by atoms with Gasteiger partial charge in [-0.05, 0) is 45.2 Å². The van der Waals surface area contributed by atoms with Crippen molar-refractivity contribution in [3.8, 4) is 0 Å². The van der Waals surface area contributed by atoms with E-state index in [1.807, 2.05) is 0 Å². The third kappa shape index (κ3) is 2.48. The standard InChI is InChI=1S/C12H24N2/c1-13-9-12-7-2-3-8-14(12)10-11-5-4-6-11/h11-13H,2-10H2,1H3. The van der Waals surface area contributed by atoms with Gasteiger partial charge in [0.25, 0.3) is 0 Å². The van der Waals surface area contributed by atoms with Gasteiger partial charge < -0.3 is 5.32 Å². The van der Waals surface area contributed by atoms with Crippen molar-refractivity contribution in [2.24, 2.45) is 5.92 Å². The fraction of sp³-hybridized carbons (Fsp3) is 1.00. The van der Waals surface area contributed by atoms with E-state index in [-0.39, 0.29) is 0 Å².